The maximum atomic E-state index is 12.6. The van der Waals surface area contributed by atoms with Gasteiger partial charge in [0.05, 0.1) is 6.61 Å². The number of amides is 2. The van der Waals surface area contributed by atoms with Crippen LogP contribution in [0.4, 0.5) is 9.80 Å². The van der Waals surface area contributed by atoms with Crippen LogP contribution >= 0.6 is 11.3 Å². The molecule has 0 aromatic carbocycles. The number of hydrogen-bond acceptors (Lipinski definition) is 8. The number of ether oxygens (including phenoxy) is 3. The van der Waals surface area contributed by atoms with E-state index < -0.39 is 35.4 Å². The molecular formula is C20H32N2O7S. The van der Waals surface area contributed by atoms with Crippen molar-refractivity contribution in [3.05, 3.63) is 16.0 Å². The maximum Gasteiger partial charge on any atom is 0.348 e. The lowest BCUT2D eigenvalue weighted by Crippen LogP contribution is -2.53. The van der Waals surface area contributed by atoms with Crippen molar-refractivity contribution in [3.63, 3.8) is 0 Å². The monoisotopic (exact) mass is 444 g/mol. The molecule has 30 heavy (non-hydrogen) atoms. The fraction of sp³-hybridized carbons (Fsp3) is 0.650. The molecule has 0 aliphatic rings. The number of aliphatic hydroxyl groups is 1. The van der Waals surface area contributed by atoms with Crippen LogP contribution in [0.5, 0.6) is 0 Å². The molecule has 0 radical (unpaired) electrons. The molecule has 170 valence electrons. The number of aliphatic hydroxyl groups excluding tert-OH is 1. The summed E-state index contributed by atoms with van der Waals surface area (Å²) in [7, 11) is 0. The van der Waals surface area contributed by atoms with Crippen LogP contribution in [0.2, 0.25) is 0 Å². The van der Waals surface area contributed by atoms with E-state index in [9.17, 15) is 19.5 Å². The van der Waals surface area contributed by atoms with Gasteiger partial charge in [0, 0.05) is 12.2 Å². The fourth-order valence-corrected chi connectivity index (χ4v) is 3.54. The Morgan fingerprint density at radius 1 is 1.10 bits per heavy atom. The molecule has 0 saturated heterocycles. The minimum atomic E-state index is -1.34. The van der Waals surface area contributed by atoms with Gasteiger partial charge in [-0.05, 0) is 61.0 Å². The molecule has 0 fully saturated rings. The van der Waals surface area contributed by atoms with Crippen LogP contribution in [-0.4, -0.2) is 47.4 Å². The molecular weight excluding hydrogens is 412 g/mol. The van der Waals surface area contributed by atoms with Crippen LogP contribution < -0.4 is 10.6 Å². The van der Waals surface area contributed by atoms with E-state index in [1.54, 1.807) is 41.5 Å². The standard InChI is InChI=1S/C20H32N2O7S/c1-9-27-15(23)12-11(3)13(16(24)28-10-2)30-14(12)21-18(26)22-20(7,8)17(25)29-19(4,5)6/h15,23H,9-10H2,1-8H3,(H2,21,22,26). The number of esters is 2. The molecule has 0 spiro atoms. The highest BCUT2D eigenvalue weighted by Crippen LogP contribution is 2.38. The molecule has 0 saturated carbocycles. The number of thiophene rings is 1. The zero-order chi connectivity index (χ0) is 23.3. The molecule has 1 unspecified atom stereocenters. The zero-order valence-corrected chi connectivity index (χ0v) is 19.6. The van der Waals surface area contributed by atoms with E-state index >= 15 is 0 Å². The third-order valence-corrected chi connectivity index (χ3v) is 4.99. The van der Waals surface area contributed by atoms with Gasteiger partial charge in [0.2, 0.25) is 0 Å². The first kappa shape index (κ1) is 25.9. The summed E-state index contributed by atoms with van der Waals surface area (Å²) in [6, 6.07) is -0.701. The van der Waals surface area contributed by atoms with Crippen molar-refractivity contribution in [2.45, 2.75) is 72.8 Å². The Labute approximate surface area is 181 Å². The molecule has 1 rings (SSSR count). The fourth-order valence-electron chi connectivity index (χ4n) is 2.42. The Bertz CT molecular complexity index is 781. The van der Waals surface area contributed by atoms with Crippen molar-refractivity contribution in [2.24, 2.45) is 0 Å². The van der Waals surface area contributed by atoms with Gasteiger partial charge in [-0.2, -0.15) is 0 Å². The molecule has 0 aliphatic carbocycles. The predicted molar refractivity (Wildman–Crippen MR) is 114 cm³/mol. The van der Waals surface area contributed by atoms with Crippen LogP contribution in [0.25, 0.3) is 0 Å². The van der Waals surface area contributed by atoms with Crippen LogP contribution in [0.15, 0.2) is 0 Å². The summed E-state index contributed by atoms with van der Waals surface area (Å²) in [5, 5.41) is 15.7. The molecule has 9 nitrogen and oxygen atoms in total. The van der Waals surface area contributed by atoms with Gasteiger partial charge in [0.15, 0.2) is 6.29 Å². The van der Waals surface area contributed by atoms with Crippen LogP contribution in [0.1, 0.15) is 75.6 Å². The number of rotatable bonds is 8. The largest absolute Gasteiger partial charge is 0.462 e. The number of anilines is 1. The van der Waals surface area contributed by atoms with Crippen molar-refractivity contribution in [2.75, 3.05) is 18.5 Å². The van der Waals surface area contributed by atoms with Crippen LogP contribution in [-0.2, 0) is 19.0 Å². The summed E-state index contributed by atoms with van der Waals surface area (Å²) in [5.41, 5.74) is -1.32. The quantitative estimate of drug-likeness (QED) is 0.414. The zero-order valence-electron chi connectivity index (χ0n) is 18.8. The lowest BCUT2D eigenvalue weighted by atomic mass is 10.1. The highest BCUT2D eigenvalue weighted by atomic mass is 32.1. The van der Waals surface area contributed by atoms with E-state index in [1.807, 2.05) is 0 Å². The van der Waals surface area contributed by atoms with Gasteiger partial charge >= 0.3 is 18.0 Å². The molecule has 1 heterocycles. The van der Waals surface area contributed by atoms with Gasteiger partial charge in [-0.25, -0.2) is 14.4 Å². The van der Waals surface area contributed by atoms with Crippen molar-refractivity contribution in [1.82, 2.24) is 5.32 Å². The molecule has 1 atom stereocenters. The van der Waals surface area contributed by atoms with E-state index in [1.165, 1.54) is 13.8 Å². The molecule has 1 aromatic rings. The minimum Gasteiger partial charge on any atom is -0.462 e. The summed E-state index contributed by atoms with van der Waals surface area (Å²) in [4.78, 5) is 37.4. The smallest absolute Gasteiger partial charge is 0.348 e. The summed E-state index contributed by atoms with van der Waals surface area (Å²) < 4.78 is 15.6. The number of hydrogen-bond donors (Lipinski definition) is 3. The molecule has 10 heteroatoms. The second-order valence-corrected chi connectivity index (χ2v) is 9.05. The van der Waals surface area contributed by atoms with Gasteiger partial charge in [0.25, 0.3) is 0 Å². The molecule has 1 aromatic heterocycles. The van der Waals surface area contributed by atoms with E-state index in [0.29, 0.717) is 5.56 Å². The van der Waals surface area contributed by atoms with Crippen LogP contribution in [0.3, 0.4) is 0 Å². The second kappa shape index (κ2) is 10.2. The van der Waals surface area contributed by atoms with Gasteiger partial charge in [0.1, 0.15) is 21.0 Å². The number of nitrogens with one attached hydrogen (secondary N) is 2. The lowest BCUT2D eigenvalue weighted by Gasteiger charge is -2.29. The highest BCUT2D eigenvalue weighted by Gasteiger charge is 2.35. The third kappa shape index (κ3) is 6.96. The average molecular weight is 445 g/mol. The van der Waals surface area contributed by atoms with E-state index in [2.05, 4.69) is 10.6 Å². The Hall–Kier alpha value is -2.17. The van der Waals surface area contributed by atoms with Gasteiger partial charge in [-0.3, -0.25) is 5.32 Å². The Balaban J connectivity index is 3.12. The summed E-state index contributed by atoms with van der Waals surface area (Å²) >= 11 is 0.958. The molecule has 0 bridgehead atoms. The predicted octanol–water partition coefficient (Wildman–Crippen LogP) is 3.50. The number of urea groups is 1. The molecule has 2 amide bonds. The van der Waals surface area contributed by atoms with Crippen molar-refractivity contribution >= 4 is 34.3 Å². The first-order valence-corrected chi connectivity index (χ1v) is 10.5. The Morgan fingerprint density at radius 2 is 1.70 bits per heavy atom. The van der Waals surface area contributed by atoms with Crippen molar-refractivity contribution in [3.8, 4) is 0 Å². The van der Waals surface area contributed by atoms with Gasteiger partial charge < -0.3 is 24.6 Å². The lowest BCUT2D eigenvalue weighted by molar-refractivity contribution is -0.161. The normalized spacial score (nSPS) is 12.8. The SMILES string of the molecule is CCOC(=O)c1sc(NC(=O)NC(C)(C)C(=O)OC(C)(C)C)c(C(O)OCC)c1C. The Kier molecular flexibility index (Phi) is 8.82. The highest BCUT2D eigenvalue weighted by molar-refractivity contribution is 7.18. The number of carbonyl (C=O) groups excluding carboxylic acids is 3. The first-order valence-electron chi connectivity index (χ1n) is 9.66. The number of carbonyl (C=O) groups is 3. The van der Waals surface area contributed by atoms with E-state index in [-0.39, 0.29) is 28.7 Å². The van der Waals surface area contributed by atoms with Gasteiger partial charge in [-0.1, -0.05) is 0 Å². The first-order chi connectivity index (χ1) is 13.7. The minimum absolute atomic E-state index is 0.187. The second-order valence-electron chi connectivity index (χ2n) is 8.03. The third-order valence-electron chi connectivity index (χ3n) is 3.79. The molecule has 0 aliphatic heterocycles. The topological polar surface area (TPSA) is 123 Å². The van der Waals surface area contributed by atoms with Gasteiger partial charge in [-0.15, -0.1) is 11.3 Å². The summed E-state index contributed by atoms with van der Waals surface area (Å²) in [6.45, 7) is 13.7. The average Bonchev–Trinajstić information content (AvgIpc) is 2.89. The van der Waals surface area contributed by atoms with Crippen LogP contribution in [0, 0.1) is 6.92 Å². The summed E-state index contributed by atoms with van der Waals surface area (Å²) in [5.74, 6) is -1.17. The van der Waals surface area contributed by atoms with Crippen molar-refractivity contribution < 1.29 is 33.7 Å². The van der Waals surface area contributed by atoms with E-state index in [0.717, 1.165) is 11.3 Å². The van der Waals surface area contributed by atoms with Crippen molar-refractivity contribution in [1.29, 1.82) is 0 Å². The Morgan fingerprint density at radius 3 is 2.20 bits per heavy atom. The van der Waals surface area contributed by atoms with E-state index in [4.69, 9.17) is 14.2 Å². The maximum absolute atomic E-state index is 12.6. The summed E-state index contributed by atoms with van der Waals surface area (Å²) in [6.07, 6.45) is -1.34. The molecule has 3 N–H and O–H groups in total.